The zero-order valence-corrected chi connectivity index (χ0v) is 16.8. The van der Waals surface area contributed by atoms with E-state index in [4.69, 9.17) is 0 Å². The second-order valence-electron chi connectivity index (χ2n) is 7.42. The van der Waals surface area contributed by atoms with Gasteiger partial charge in [-0.2, -0.15) is 9.49 Å². The van der Waals surface area contributed by atoms with Gasteiger partial charge in [0.1, 0.15) is 5.69 Å². The lowest BCUT2D eigenvalue weighted by atomic mass is 9.98. The molecule has 4 aromatic heterocycles. The summed E-state index contributed by atoms with van der Waals surface area (Å²) in [6, 6.07) is 13.7. The quantitative estimate of drug-likeness (QED) is 0.372. The molecule has 1 aliphatic rings. The molecule has 0 spiro atoms. The molecule has 30 heavy (non-hydrogen) atoms. The average molecular weight is 415 g/mol. The van der Waals surface area contributed by atoms with Gasteiger partial charge < -0.3 is 10.3 Å². The van der Waals surface area contributed by atoms with E-state index in [0.717, 1.165) is 74.6 Å². The van der Waals surface area contributed by atoms with Crippen LogP contribution in [0.25, 0.3) is 49.3 Å². The van der Waals surface area contributed by atoms with Crippen LogP contribution in [0.1, 0.15) is 12.0 Å². The van der Waals surface area contributed by atoms with E-state index >= 15 is 0 Å². The third-order valence-electron chi connectivity index (χ3n) is 5.61. The minimum Gasteiger partial charge on any atom is -0.353 e. The van der Waals surface area contributed by atoms with Gasteiger partial charge in [-0.15, -0.1) is 11.3 Å². The second kappa shape index (κ2) is 6.90. The fraction of sp³-hybridized carbons (Fsp3) is 0.130. The summed E-state index contributed by atoms with van der Waals surface area (Å²) in [5, 5.41) is 12.9. The molecular formula is C23H18FN5S. The maximum absolute atomic E-state index is 13.6. The van der Waals surface area contributed by atoms with Crippen LogP contribution in [0.3, 0.4) is 0 Å². The SMILES string of the molecule is Fc1ccc(-c2nccc3[nH]c(-c4n[nH]c5ccc(C6=CCNCC6)cc45)cc23)s1. The molecule has 6 rings (SSSR count). The highest BCUT2D eigenvalue weighted by Gasteiger charge is 2.16. The number of aromatic amines is 2. The molecule has 0 atom stereocenters. The normalized spacial score (nSPS) is 14.5. The lowest BCUT2D eigenvalue weighted by Gasteiger charge is -2.14. The summed E-state index contributed by atoms with van der Waals surface area (Å²) in [4.78, 5) is 8.79. The van der Waals surface area contributed by atoms with Crippen LogP contribution < -0.4 is 5.32 Å². The highest BCUT2D eigenvalue weighted by Crippen LogP contribution is 2.35. The molecule has 0 unspecified atom stereocenters. The van der Waals surface area contributed by atoms with Crippen molar-refractivity contribution in [2.75, 3.05) is 13.1 Å². The molecule has 7 heteroatoms. The Morgan fingerprint density at radius 3 is 2.73 bits per heavy atom. The number of benzene rings is 1. The summed E-state index contributed by atoms with van der Waals surface area (Å²) in [7, 11) is 0. The Morgan fingerprint density at radius 2 is 1.90 bits per heavy atom. The van der Waals surface area contributed by atoms with Gasteiger partial charge in [0.05, 0.1) is 21.8 Å². The zero-order chi connectivity index (χ0) is 20.1. The highest BCUT2D eigenvalue weighted by atomic mass is 32.1. The number of hydrogen-bond donors (Lipinski definition) is 3. The summed E-state index contributed by atoms with van der Waals surface area (Å²) in [5.41, 5.74) is 7.13. The summed E-state index contributed by atoms with van der Waals surface area (Å²) < 4.78 is 13.6. The van der Waals surface area contributed by atoms with Gasteiger partial charge in [-0.3, -0.25) is 10.1 Å². The lowest BCUT2D eigenvalue weighted by molar-refractivity contribution is 0.657. The number of pyridine rings is 1. The summed E-state index contributed by atoms with van der Waals surface area (Å²) in [6.45, 7) is 1.91. The van der Waals surface area contributed by atoms with Gasteiger partial charge in [0.15, 0.2) is 5.13 Å². The molecule has 148 valence electrons. The number of fused-ring (bicyclic) bond motifs is 2. The first-order chi connectivity index (χ1) is 14.8. The maximum atomic E-state index is 13.6. The number of nitrogens with one attached hydrogen (secondary N) is 3. The molecule has 1 aromatic carbocycles. The van der Waals surface area contributed by atoms with Gasteiger partial charge in [-0.1, -0.05) is 12.1 Å². The van der Waals surface area contributed by atoms with Gasteiger partial charge >= 0.3 is 0 Å². The zero-order valence-electron chi connectivity index (χ0n) is 16.0. The Kier molecular flexibility index (Phi) is 4.04. The first-order valence-electron chi connectivity index (χ1n) is 9.88. The molecule has 0 fully saturated rings. The topological polar surface area (TPSA) is 69.4 Å². The minimum atomic E-state index is -0.211. The summed E-state index contributed by atoms with van der Waals surface area (Å²) >= 11 is 1.11. The first-order valence-corrected chi connectivity index (χ1v) is 10.7. The van der Waals surface area contributed by atoms with Crippen LogP contribution in [0.2, 0.25) is 0 Å². The molecular weight excluding hydrogens is 397 g/mol. The van der Waals surface area contributed by atoms with E-state index in [-0.39, 0.29) is 5.13 Å². The van der Waals surface area contributed by atoms with E-state index in [1.807, 2.05) is 6.07 Å². The van der Waals surface area contributed by atoms with Crippen LogP contribution in [0, 0.1) is 5.13 Å². The second-order valence-corrected chi connectivity index (χ2v) is 8.46. The van der Waals surface area contributed by atoms with Crippen molar-refractivity contribution >= 4 is 38.7 Å². The van der Waals surface area contributed by atoms with Crippen molar-refractivity contribution in [1.82, 2.24) is 25.5 Å². The van der Waals surface area contributed by atoms with Crippen LogP contribution >= 0.6 is 11.3 Å². The Hall–Kier alpha value is -3.29. The van der Waals surface area contributed by atoms with E-state index in [1.165, 1.54) is 17.2 Å². The van der Waals surface area contributed by atoms with E-state index in [2.05, 4.69) is 55.8 Å². The van der Waals surface area contributed by atoms with E-state index in [1.54, 1.807) is 12.3 Å². The Balaban J connectivity index is 1.49. The van der Waals surface area contributed by atoms with Crippen LogP contribution in [0.4, 0.5) is 4.39 Å². The Bertz CT molecular complexity index is 1420. The molecule has 0 saturated carbocycles. The minimum absolute atomic E-state index is 0.211. The predicted molar refractivity (Wildman–Crippen MR) is 120 cm³/mol. The third kappa shape index (κ3) is 2.86. The molecule has 3 N–H and O–H groups in total. The van der Waals surface area contributed by atoms with E-state index in [9.17, 15) is 4.39 Å². The smallest absolute Gasteiger partial charge is 0.177 e. The fourth-order valence-electron chi connectivity index (χ4n) is 4.12. The summed E-state index contributed by atoms with van der Waals surface area (Å²) in [6.07, 6.45) is 5.03. The number of hydrogen-bond acceptors (Lipinski definition) is 4. The number of thiophene rings is 1. The van der Waals surface area contributed by atoms with Crippen molar-refractivity contribution in [3.63, 3.8) is 0 Å². The molecule has 0 aliphatic carbocycles. The standard InChI is InChI=1S/C23H18FN5S/c24-21-4-3-20(30-21)23-16-12-19(27-17(16)7-10-26-23)22-15-11-14(1-2-18(15)28-29-22)13-5-8-25-9-6-13/h1-5,7,10-12,25,27H,6,8-9H2,(H,28,29). The van der Waals surface area contributed by atoms with Crippen molar-refractivity contribution in [2.24, 2.45) is 0 Å². The van der Waals surface area contributed by atoms with E-state index in [0.29, 0.717) is 0 Å². The fourth-order valence-corrected chi connectivity index (χ4v) is 4.86. The Labute approximate surface area is 175 Å². The third-order valence-corrected chi connectivity index (χ3v) is 6.49. The average Bonchev–Trinajstić information content (AvgIpc) is 3.51. The van der Waals surface area contributed by atoms with Crippen LogP contribution in [0.15, 0.2) is 54.7 Å². The van der Waals surface area contributed by atoms with Gasteiger partial charge in [-0.05, 0) is 60.5 Å². The first kappa shape index (κ1) is 17.6. The summed E-state index contributed by atoms with van der Waals surface area (Å²) in [5.74, 6) is 0. The van der Waals surface area contributed by atoms with Crippen LogP contribution in [0.5, 0.6) is 0 Å². The number of aromatic nitrogens is 4. The molecule has 5 nitrogen and oxygen atoms in total. The number of nitrogens with zero attached hydrogens (tertiary/aromatic N) is 2. The van der Waals surface area contributed by atoms with Crippen molar-refractivity contribution in [3.05, 3.63) is 65.4 Å². The monoisotopic (exact) mass is 415 g/mol. The van der Waals surface area contributed by atoms with Crippen molar-refractivity contribution in [1.29, 1.82) is 0 Å². The van der Waals surface area contributed by atoms with Gasteiger partial charge in [-0.25, -0.2) is 0 Å². The molecule has 5 aromatic rings. The molecule has 1 aliphatic heterocycles. The number of halogens is 1. The number of H-pyrrole nitrogens is 2. The van der Waals surface area contributed by atoms with Crippen LogP contribution in [-0.2, 0) is 0 Å². The van der Waals surface area contributed by atoms with Gasteiger partial charge in [0.25, 0.3) is 0 Å². The van der Waals surface area contributed by atoms with Gasteiger partial charge in [0, 0.05) is 29.0 Å². The maximum Gasteiger partial charge on any atom is 0.177 e. The van der Waals surface area contributed by atoms with Crippen molar-refractivity contribution in [2.45, 2.75) is 6.42 Å². The van der Waals surface area contributed by atoms with Crippen molar-refractivity contribution in [3.8, 4) is 22.0 Å². The molecule has 0 bridgehead atoms. The lowest BCUT2D eigenvalue weighted by Crippen LogP contribution is -2.19. The molecule has 0 radical (unpaired) electrons. The molecule has 0 amide bonds. The Morgan fingerprint density at radius 1 is 0.967 bits per heavy atom. The molecule has 5 heterocycles. The van der Waals surface area contributed by atoms with E-state index < -0.39 is 0 Å². The predicted octanol–water partition coefficient (Wildman–Crippen LogP) is 5.35. The van der Waals surface area contributed by atoms with Crippen molar-refractivity contribution < 1.29 is 4.39 Å². The number of rotatable bonds is 3. The highest BCUT2D eigenvalue weighted by molar-refractivity contribution is 7.13. The molecule has 0 saturated heterocycles. The van der Waals surface area contributed by atoms with Gasteiger partial charge in [0.2, 0.25) is 0 Å². The van der Waals surface area contributed by atoms with Crippen LogP contribution in [-0.4, -0.2) is 33.3 Å². The largest absolute Gasteiger partial charge is 0.353 e.